The first-order valence-electron chi connectivity index (χ1n) is 6.73. The molecule has 1 aromatic carbocycles. The van der Waals surface area contributed by atoms with E-state index in [1.54, 1.807) is 20.1 Å². The van der Waals surface area contributed by atoms with Crippen LogP contribution in [0.3, 0.4) is 0 Å². The molecule has 0 heterocycles. The molecule has 108 valence electrons. The summed E-state index contributed by atoms with van der Waals surface area (Å²) in [5.74, 6) is -0.202. The van der Waals surface area contributed by atoms with E-state index in [1.165, 1.54) is 0 Å². The summed E-state index contributed by atoms with van der Waals surface area (Å²) >= 11 is 0. The molecule has 2 atom stereocenters. The standard InChI is InChI=1S/C15H25FN2O/c1-6-18(11(3)9-19-5)15-7-10(2)14(16)8-13(15)12(4)17/h7-8,11-12H,6,9,17H2,1-5H3/t11?,12-/m1/s1. The van der Waals surface area contributed by atoms with Gasteiger partial charge >= 0.3 is 0 Å². The molecule has 0 aliphatic carbocycles. The molecule has 0 aliphatic rings. The van der Waals surface area contributed by atoms with E-state index in [0.717, 1.165) is 17.8 Å². The van der Waals surface area contributed by atoms with Crippen molar-refractivity contribution in [1.29, 1.82) is 0 Å². The van der Waals surface area contributed by atoms with Crippen LogP contribution in [0.2, 0.25) is 0 Å². The van der Waals surface area contributed by atoms with Gasteiger partial charge in [-0.15, -0.1) is 0 Å². The molecule has 0 fully saturated rings. The summed E-state index contributed by atoms with van der Waals surface area (Å²) in [6, 6.07) is 3.45. The Morgan fingerprint density at radius 2 is 2.00 bits per heavy atom. The molecular formula is C15H25FN2O. The smallest absolute Gasteiger partial charge is 0.126 e. The van der Waals surface area contributed by atoms with Crippen molar-refractivity contribution in [3.05, 3.63) is 29.1 Å². The maximum absolute atomic E-state index is 13.7. The Bertz CT molecular complexity index is 421. The SMILES string of the molecule is CCN(c1cc(C)c(F)cc1[C@@H](C)N)C(C)COC. The molecule has 1 rings (SSSR count). The van der Waals surface area contributed by atoms with Crippen LogP contribution in [-0.2, 0) is 4.74 Å². The highest BCUT2D eigenvalue weighted by Crippen LogP contribution is 2.29. The number of benzene rings is 1. The number of halogens is 1. The molecule has 0 bridgehead atoms. The molecule has 0 saturated carbocycles. The summed E-state index contributed by atoms with van der Waals surface area (Å²) < 4.78 is 19.0. The van der Waals surface area contributed by atoms with E-state index in [9.17, 15) is 4.39 Å². The number of nitrogens with zero attached hydrogens (tertiary/aromatic N) is 1. The van der Waals surface area contributed by atoms with Crippen LogP contribution < -0.4 is 10.6 Å². The van der Waals surface area contributed by atoms with E-state index >= 15 is 0 Å². The van der Waals surface area contributed by atoms with Gasteiger partial charge in [0.05, 0.1) is 6.61 Å². The van der Waals surface area contributed by atoms with Gasteiger partial charge in [0.15, 0.2) is 0 Å². The Kier molecular flexibility index (Phi) is 5.76. The Morgan fingerprint density at radius 3 is 2.47 bits per heavy atom. The van der Waals surface area contributed by atoms with Crippen LogP contribution >= 0.6 is 0 Å². The molecule has 1 aromatic rings. The third kappa shape index (κ3) is 3.67. The van der Waals surface area contributed by atoms with E-state index in [0.29, 0.717) is 12.2 Å². The van der Waals surface area contributed by atoms with E-state index in [1.807, 2.05) is 13.0 Å². The summed E-state index contributed by atoms with van der Waals surface area (Å²) in [5.41, 5.74) is 8.46. The van der Waals surface area contributed by atoms with Crippen LogP contribution in [0.25, 0.3) is 0 Å². The van der Waals surface area contributed by atoms with Gasteiger partial charge in [0.1, 0.15) is 5.82 Å². The summed E-state index contributed by atoms with van der Waals surface area (Å²) in [6.45, 7) is 9.28. The number of anilines is 1. The van der Waals surface area contributed by atoms with E-state index in [-0.39, 0.29) is 17.9 Å². The molecule has 0 aromatic heterocycles. The predicted molar refractivity (Wildman–Crippen MR) is 78.1 cm³/mol. The zero-order valence-corrected chi connectivity index (χ0v) is 12.5. The van der Waals surface area contributed by atoms with Crippen molar-refractivity contribution >= 4 is 5.69 Å². The second-order valence-corrected chi connectivity index (χ2v) is 5.04. The van der Waals surface area contributed by atoms with Crippen LogP contribution in [0.1, 0.15) is 37.9 Å². The molecule has 0 saturated heterocycles. The number of ether oxygens (including phenoxy) is 1. The van der Waals surface area contributed by atoms with Gasteiger partial charge in [-0.3, -0.25) is 0 Å². The lowest BCUT2D eigenvalue weighted by atomic mass is 10.0. The molecule has 1 unspecified atom stereocenters. The van der Waals surface area contributed by atoms with Crippen molar-refractivity contribution in [3.63, 3.8) is 0 Å². The predicted octanol–water partition coefficient (Wildman–Crippen LogP) is 3.02. The second kappa shape index (κ2) is 6.87. The van der Waals surface area contributed by atoms with Gasteiger partial charge in [-0.05, 0) is 51.0 Å². The summed E-state index contributed by atoms with van der Waals surface area (Å²) in [7, 11) is 1.69. The Hall–Kier alpha value is -1.13. The first-order valence-corrected chi connectivity index (χ1v) is 6.73. The molecule has 3 nitrogen and oxygen atoms in total. The summed E-state index contributed by atoms with van der Waals surface area (Å²) in [6.07, 6.45) is 0. The molecule has 0 amide bonds. The number of aryl methyl sites for hydroxylation is 1. The van der Waals surface area contributed by atoms with E-state index < -0.39 is 0 Å². The fourth-order valence-electron chi connectivity index (χ4n) is 2.35. The molecule has 0 radical (unpaired) electrons. The van der Waals surface area contributed by atoms with Gasteiger partial charge in [0, 0.05) is 31.4 Å². The second-order valence-electron chi connectivity index (χ2n) is 5.04. The van der Waals surface area contributed by atoms with Gasteiger partial charge in [-0.1, -0.05) is 0 Å². The van der Waals surface area contributed by atoms with Gasteiger partial charge < -0.3 is 15.4 Å². The minimum Gasteiger partial charge on any atom is -0.383 e. The fourth-order valence-corrected chi connectivity index (χ4v) is 2.35. The number of hydrogen-bond acceptors (Lipinski definition) is 3. The average molecular weight is 268 g/mol. The van der Waals surface area contributed by atoms with Gasteiger partial charge in [0.25, 0.3) is 0 Å². The summed E-state index contributed by atoms with van der Waals surface area (Å²) in [4.78, 5) is 2.20. The lowest BCUT2D eigenvalue weighted by molar-refractivity contribution is 0.182. The minimum atomic E-state index is -0.202. The molecule has 0 aliphatic heterocycles. The number of likely N-dealkylation sites (N-methyl/N-ethyl adjacent to an activating group) is 1. The normalized spacial score (nSPS) is 14.3. The quantitative estimate of drug-likeness (QED) is 0.862. The zero-order chi connectivity index (χ0) is 14.6. The van der Waals surface area contributed by atoms with Crippen molar-refractivity contribution < 1.29 is 9.13 Å². The van der Waals surface area contributed by atoms with Crippen LogP contribution in [0.15, 0.2) is 12.1 Å². The number of nitrogens with two attached hydrogens (primary N) is 1. The van der Waals surface area contributed by atoms with Crippen molar-refractivity contribution in [2.45, 2.75) is 39.8 Å². The van der Waals surface area contributed by atoms with E-state index in [2.05, 4.69) is 18.7 Å². The fraction of sp³-hybridized carbons (Fsp3) is 0.600. The first-order chi connectivity index (χ1) is 8.92. The Morgan fingerprint density at radius 1 is 1.37 bits per heavy atom. The van der Waals surface area contributed by atoms with Crippen LogP contribution in [0.5, 0.6) is 0 Å². The van der Waals surface area contributed by atoms with Crippen molar-refractivity contribution in [2.24, 2.45) is 5.73 Å². The van der Waals surface area contributed by atoms with Gasteiger partial charge in [-0.25, -0.2) is 4.39 Å². The molecule has 4 heteroatoms. The largest absolute Gasteiger partial charge is 0.383 e. The Labute approximate surface area is 115 Å². The van der Waals surface area contributed by atoms with Crippen LogP contribution in [0, 0.1) is 12.7 Å². The van der Waals surface area contributed by atoms with Crippen molar-refractivity contribution in [2.75, 3.05) is 25.2 Å². The summed E-state index contributed by atoms with van der Waals surface area (Å²) in [5, 5.41) is 0. The topological polar surface area (TPSA) is 38.5 Å². The number of rotatable bonds is 6. The maximum Gasteiger partial charge on any atom is 0.126 e. The zero-order valence-electron chi connectivity index (χ0n) is 12.5. The average Bonchev–Trinajstić information content (AvgIpc) is 2.34. The van der Waals surface area contributed by atoms with Gasteiger partial charge in [-0.2, -0.15) is 0 Å². The highest BCUT2D eigenvalue weighted by molar-refractivity contribution is 5.57. The molecular weight excluding hydrogens is 243 g/mol. The van der Waals surface area contributed by atoms with Gasteiger partial charge in [0.2, 0.25) is 0 Å². The number of methoxy groups -OCH3 is 1. The molecule has 2 N–H and O–H groups in total. The van der Waals surface area contributed by atoms with E-state index in [4.69, 9.17) is 10.5 Å². The minimum absolute atomic E-state index is 0.200. The van der Waals surface area contributed by atoms with Crippen molar-refractivity contribution in [3.8, 4) is 0 Å². The number of hydrogen-bond donors (Lipinski definition) is 1. The highest BCUT2D eigenvalue weighted by atomic mass is 19.1. The lowest BCUT2D eigenvalue weighted by Gasteiger charge is -2.32. The maximum atomic E-state index is 13.7. The van der Waals surface area contributed by atoms with Crippen LogP contribution in [0.4, 0.5) is 10.1 Å². The first kappa shape index (κ1) is 15.9. The highest BCUT2D eigenvalue weighted by Gasteiger charge is 2.19. The van der Waals surface area contributed by atoms with Crippen molar-refractivity contribution in [1.82, 2.24) is 0 Å². The molecule has 19 heavy (non-hydrogen) atoms. The lowest BCUT2D eigenvalue weighted by Crippen LogP contribution is -2.37. The third-order valence-corrected chi connectivity index (χ3v) is 3.39. The monoisotopic (exact) mass is 268 g/mol. The third-order valence-electron chi connectivity index (χ3n) is 3.39. The Balaban J connectivity index is 3.25. The molecule has 0 spiro atoms. The van der Waals surface area contributed by atoms with Crippen LogP contribution in [-0.4, -0.2) is 26.3 Å².